The van der Waals surface area contributed by atoms with Crippen molar-refractivity contribution < 1.29 is 30.0 Å². The molecule has 7 N–H and O–H groups in total. The van der Waals surface area contributed by atoms with Crippen LogP contribution in [0.1, 0.15) is 0 Å². The standard InChI is InChI=1S/C4H6O6.K.H3N.H/c5-1(3(7)8)2(6)4(9)10;;;/h1-2,5-6H,(H,7,8)(H,9,10);;1H3;. The van der Waals surface area contributed by atoms with E-state index in [0.717, 1.165) is 0 Å². The second-order valence-corrected chi connectivity index (χ2v) is 1.57. The molecule has 0 heterocycles. The topological polar surface area (TPSA) is 150 Å². The van der Waals surface area contributed by atoms with Gasteiger partial charge < -0.3 is 26.6 Å². The molecule has 8 heteroatoms. The van der Waals surface area contributed by atoms with Gasteiger partial charge in [-0.3, -0.25) is 0 Å². The Morgan fingerprint density at radius 3 is 1.17 bits per heavy atom. The predicted molar refractivity (Wildman–Crippen MR) is 39.5 cm³/mol. The summed E-state index contributed by atoms with van der Waals surface area (Å²) in [5.74, 6) is -3.54. The van der Waals surface area contributed by atoms with E-state index < -0.39 is 24.1 Å². The van der Waals surface area contributed by atoms with E-state index in [-0.39, 0.29) is 57.5 Å². The first-order valence-electron chi connectivity index (χ1n) is 2.28. The summed E-state index contributed by atoms with van der Waals surface area (Å²) in [6, 6.07) is 0. The number of carbonyl (C=O) groups is 2. The molecule has 12 heavy (non-hydrogen) atoms. The van der Waals surface area contributed by atoms with Gasteiger partial charge in [0.1, 0.15) is 0 Å². The SMILES string of the molecule is N.O=C(O)C(O)C(O)C(=O)O.[KH]. The van der Waals surface area contributed by atoms with E-state index in [2.05, 4.69) is 0 Å². The van der Waals surface area contributed by atoms with E-state index in [1.165, 1.54) is 0 Å². The van der Waals surface area contributed by atoms with Gasteiger partial charge in [0.25, 0.3) is 0 Å². The maximum atomic E-state index is 9.77. The summed E-state index contributed by atoms with van der Waals surface area (Å²) in [4.78, 5) is 19.5. The van der Waals surface area contributed by atoms with Crippen molar-refractivity contribution in [1.82, 2.24) is 6.15 Å². The Hall–Kier alpha value is 0.456. The molecular formula is C4H10KNO6. The molecule has 0 rings (SSSR count). The molecule has 2 unspecified atom stereocenters. The fourth-order valence-corrected chi connectivity index (χ4v) is 0.270. The molecule has 0 radical (unpaired) electrons. The van der Waals surface area contributed by atoms with E-state index in [1.54, 1.807) is 0 Å². The summed E-state index contributed by atoms with van der Waals surface area (Å²) in [6.45, 7) is 0. The van der Waals surface area contributed by atoms with Crippen LogP contribution in [0.5, 0.6) is 0 Å². The number of rotatable bonds is 3. The number of hydrogen-bond donors (Lipinski definition) is 5. The average molecular weight is 207 g/mol. The fourth-order valence-electron chi connectivity index (χ4n) is 0.270. The van der Waals surface area contributed by atoms with Crippen LogP contribution in [0.4, 0.5) is 0 Å². The molecule has 68 valence electrons. The van der Waals surface area contributed by atoms with Crippen molar-refractivity contribution in [2.24, 2.45) is 0 Å². The average Bonchev–Trinajstić information content (AvgIpc) is 1.84. The van der Waals surface area contributed by atoms with Gasteiger partial charge in [-0.25, -0.2) is 9.59 Å². The Morgan fingerprint density at radius 1 is 0.917 bits per heavy atom. The minimum absolute atomic E-state index is 0. The van der Waals surface area contributed by atoms with Gasteiger partial charge in [-0.2, -0.15) is 0 Å². The van der Waals surface area contributed by atoms with Crippen LogP contribution in [0.25, 0.3) is 0 Å². The second kappa shape index (κ2) is 8.07. The molecule has 7 nitrogen and oxygen atoms in total. The molecular weight excluding hydrogens is 197 g/mol. The third-order valence-corrected chi connectivity index (χ3v) is 0.805. The molecule has 0 saturated heterocycles. The summed E-state index contributed by atoms with van der Waals surface area (Å²) in [5.41, 5.74) is 0. The molecule has 0 aromatic heterocycles. The first kappa shape index (κ1) is 18.3. The molecule has 0 spiro atoms. The van der Waals surface area contributed by atoms with Crippen molar-refractivity contribution in [3.05, 3.63) is 0 Å². The van der Waals surface area contributed by atoms with Crippen LogP contribution in [-0.2, 0) is 9.59 Å². The van der Waals surface area contributed by atoms with Crippen molar-refractivity contribution in [2.45, 2.75) is 12.2 Å². The van der Waals surface area contributed by atoms with Crippen LogP contribution in [0, 0.1) is 0 Å². The van der Waals surface area contributed by atoms with Gasteiger partial charge in [-0.05, 0) is 0 Å². The summed E-state index contributed by atoms with van der Waals surface area (Å²) in [7, 11) is 0. The zero-order valence-corrected chi connectivity index (χ0v) is 5.47. The Morgan fingerprint density at radius 2 is 1.08 bits per heavy atom. The van der Waals surface area contributed by atoms with Crippen LogP contribution in [0.15, 0.2) is 0 Å². The molecule has 2 atom stereocenters. The van der Waals surface area contributed by atoms with Gasteiger partial charge in [-0.1, -0.05) is 0 Å². The number of carboxylic acid groups (broad SMARTS) is 2. The zero-order chi connectivity index (χ0) is 8.31. The van der Waals surface area contributed by atoms with Gasteiger partial charge in [0, 0.05) is 0 Å². The van der Waals surface area contributed by atoms with Crippen molar-refractivity contribution in [2.75, 3.05) is 0 Å². The minimum atomic E-state index is -2.27. The van der Waals surface area contributed by atoms with Gasteiger partial charge in [0.15, 0.2) is 12.2 Å². The van der Waals surface area contributed by atoms with E-state index in [1.807, 2.05) is 0 Å². The van der Waals surface area contributed by atoms with Crippen LogP contribution in [0.3, 0.4) is 0 Å². The Bertz CT molecular complexity index is 144. The molecule has 0 amide bonds. The predicted octanol–water partition coefficient (Wildman–Crippen LogP) is -2.61. The first-order valence-corrected chi connectivity index (χ1v) is 2.28. The maximum absolute atomic E-state index is 9.77. The van der Waals surface area contributed by atoms with Gasteiger partial charge in [-0.15, -0.1) is 0 Å². The number of carboxylic acids is 2. The Balaban J connectivity index is -0.000000405. The van der Waals surface area contributed by atoms with Crippen molar-refractivity contribution in [1.29, 1.82) is 0 Å². The van der Waals surface area contributed by atoms with Crippen LogP contribution in [0.2, 0.25) is 0 Å². The number of hydrogen-bond acceptors (Lipinski definition) is 5. The second-order valence-electron chi connectivity index (χ2n) is 1.57. The third kappa shape index (κ3) is 6.03. The Kier molecular flexibility index (Phi) is 12.3. The summed E-state index contributed by atoms with van der Waals surface area (Å²) < 4.78 is 0. The molecule has 0 aliphatic rings. The molecule has 0 aromatic carbocycles. The van der Waals surface area contributed by atoms with Crippen LogP contribution in [-0.4, -0.2) is 96.0 Å². The molecule has 0 saturated carbocycles. The fraction of sp³-hybridized carbons (Fsp3) is 0.500. The summed E-state index contributed by atoms with van der Waals surface area (Å²) in [5, 5.41) is 32.5. The van der Waals surface area contributed by atoms with Crippen molar-refractivity contribution in [3.63, 3.8) is 0 Å². The van der Waals surface area contributed by atoms with Crippen LogP contribution >= 0.6 is 0 Å². The van der Waals surface area contributed by atoms with E-state index >= 15 is 0 Å². The zero-order valence-electron chi connectivity index (χ0n) is 5.47. The first-order chi connectivity index (χ1) is 4.46. The van der Waals surface area contributed by atoms with E-state index in [4.69, 9.17) is 20.4 Å². The van der Waals surface area contributed by atoms with Gasteiger partial charge in [0.05, 0.1) is 0 Å². The van der Waals surface area contributed by atoms with Crippen molar-refractivity contribution in [3.8, 4) is 0 Å². The van der Waals surface area contributed by atoms with Crippen LogP contribution < -0.4 is 6.15 Å². The molecule has 0 aliphatic carbocycles. The number of aliphatic carboxylic acids is 2. The molecule has 0 fully saturated rings. The van der Waals surface area contributed by atoms with E-state index in [0.29, 0.717) is 0 Å². The quantitative estimate of drug-likeness (QED) is 0.318. The van der Waals surface area contributed by atoms with Gasteiger partial charge in [0.2, 0.25) is 0 Å². The Labute approximate surface area is 110 Å². The monoisotopic (exact) mass is 207 g/mol. The molecule has 0 aliphatic heterocycles. The summed E-state index contributed by atoms with van der Waals surface area (Å²) >= 11 is 0. The third-order valence-electron chi connectivity index (χ3n) is 0.805. The number of aliphatic hydroxyl groups excluding tert-OH is 2. The molecule has 0 aromatic rings. The normalized spacial score (nSPS) is 13.2. The van der Waals surface area contributed by atoms with Gasteiger partial charge >= 0.3 is 63.3 Å². The van der Waals surface area contributed by atoms with E-state index in [9.17, 15) is 9.59 Å². The number of aliphatic hydroxyl groups is 2. The molecule has 0 bridgehead atoms. The summed E-state index contributed by atoms with van der Waals surface area (Å²) in [6.07, 6.45) is -4.53. The van der Waals surface area contributed by atoms with Crippen molar-refractivity contribution >= 4 is 63.3 Å².